The monoisotopic (exact) mass is 251 g/mol. The summed E-state index contributed by atoms with van der Waals surface area (Å²) < 4.78 is 0. The summed E-state index contributed by atoms with van der Waals surface area (Å²) in [4.78, 5) is 16.8. The Labute approximate surface area is 105 Å². The van der Waals surface area contributed by atoms with Gasteiger partial charge < -0.3 is 10.0 Å². The highest BCUT2D eigenvalue weighted by atomic mass is 16.6. The lowest BCUT2D eigenvalue weighted by Crippen LogP contribution is -2.42. The molecule has 1 saturated carbocycles. The van der Waals surface area contributed by atoms with Gasteiger partial charge in [0.1, 0.15) is 0 Å². The summed E-state index contributed by atoms with van der Waals surface area (Å²) in [7, 11) is 0. The van der Waals surface area contributed by atoms with Gasteiger partial charge in [0, 0.05) is 24.3 Å². The predicted molar refractivity (Wildman–Crippen MR) is 67.7 cm³/mol. The first-order chi connectivity index (χ1) is 8.65. The molecule has 1 N–H and O–H groups in total. The third-order valence-corrected chi connectivity index (χ3v) is 3.42. The summed E-state index contributed by atoms with van der Waals surface area (Å²) in [5.74, 6) is 0.388. The Morgan fingerprint density at radius 3 is 2.83 bits per heavy atom. The van der Waals surface area contributed by atoms with Gasteiger partial charge in [-0.1, -0.05) is 0 Å². The molecule has 0 unspecified atom stereocenters. The van der Waals surface area contributed by atoms with Crippen LogP contribution in [0.1, 0.15) is 24.8 Å². The molecule has 1 aromatic heterocycles. The Kier molecular flexibility index (Phi) is 3.76. The van der Waals surface area contributed by atoms with Crippen LogP contribution in [0.3, 0.4) is 0 Å². The van der Waals surface area contributed by atoms with Gasteiger partial charge in [-0.3, -0.25) is 10.1 Å². The predicted octanol–water partition coefficient (Wildman–Crippen LogP) is 1.65. The van der Waals surface area contributed by atoms with E-state index < -0.39 is 0 Å². The molecule has 6 heteroatoms. The highest BCUT2D eigenvalue weighted by molar-refractivity contribution is 5.62. The van der Waals surface area contributed by atoms with E-state index in [1.54, 1.807) is 19.2 Å². The molecule has 18 heavy (non-hydrogen) atoms. The average Bonchev–Trinajstić information content (AvgIpc) is 2.25. The van der Waals surface area contributed by atoms with Gasteiger partial charge in [0.2, 0.25) is 5.82 Å². The first-order valence-corrected chi connectivity index (χ1v) is 6.12. The van der Waals surface area contributed by atoms with Crippen LogP contribution in [0.25, 0.3) is 0 Å². The summed E-state index contributed by atoms with van der Waals surface area (Å²) in [5, 5.41) is 20.3. The zero-order valence-electron chi connectivity index (χ0n) is 10.4. The minimum absolute atomic E-state index is 0.0245. The second-order valence-corrected chi connectivity index (χ2v) is 4.56. The quantitative estimate of drug-likeness (QED) is 0.635. The van der Waals surface area contributed by atoms with Gasteiger partial charge in [0.15, 0.2) is 0 Å². The van der Waals surface area contributed by atoms with Crippen molar-refractivity contribution in [1.29, 1.82) is 0 Å². The van der Waals surface area contributed by atoms with Crippen molar-refractivity contribution in [2.75, 3.05) is 18.1 Å². The Bertz CT molecular complexity index is 446. The van der Waals surface area contributed by atoms with E-state index >= 15 is 0 Å². The largest absolute Gasteiger partial charge is 0.395 e. The van der Waals surface area contributed by atoms with Crippen molar-refractivity contribution < 1.29 is 10.0 Å². The van der Waals surface area contributed by atoms with Crippen molar-refractivity contribution in [3.8, 4) is 0 Å². The molecule has 1 aromatic rings. The van der Waals surface area contributed by atoms with E-state index in [0.29, 0.717) is 17.9 Å². The number of aryl methyl sites for hydroxylation is 1. The zero-order chi connectivity index (χ0) is 13.1. The molecule has 0 spiro atoms. The number of aromatic nitrogens is 1. The second kappa shape index (κ2) is 5.30. The lowest BCUT2D eigenvalue weighted by atomic mass is 9.91. The van der Waals surface area contributed by atoms with Crippen molar-refractivity contribution in [3.63, 3.8) is 0 Å². The van der Waals surface area contributed by atoms with Crippen LogP contribution in [-0.2, 0) is 0 Å². The molecule has 98 valence electrons. The highest BCUT2D eigenvalue weighted by Gasteiger charge is 2.31. The fourth-order valence-corrected chi connectivity index (χ4v) is 2.24. The van der Waals surface area contributed by atoms with Crippen molar-refractivity contribution in [3.05, 3.63) is 27.9 Å². The Morgan fingerprint density at radius 1 is 1.61 bits per heavy atom. The number of anilines is 1. The van der Waals surface area contributed by atoms with Gasteiger partial charge in [-0.25, -0.2) is 4.98 Å². The SMILES string of the molecule is Cc1ccnc(N(CCO)C2CCC2)c1[N+](=O)[O-]. The minimum Gasteiger partial charge on any atom is -0.395 e. The molecule has 1 heterocycles. The van der Waals surface area contributed by atoms with Crippen LogP contribution in [0.2, 0.25) is 0 Å². The van der Waals surface area contributed by atoms with E-state index in [1.807, 2.05) is 4.90 Å². The van der Waals surface area contributed by atoms with Gasteiger partial charge >= 0.3 is 5.69 Å². The first kappa shape index (κ1) is 12.8. The van der Waals surface area contributed by atoms with Crippen LogP contribution >= 0.6 is 0 Å². The number of aliphatic hydroxyl groups is 1. The van der Waals surface area contributed by atoms with Crippen molar-refractivity contribution in [2.24, 2.45) is 0 Å². The van der Waals surface area contributed by atoms with Gasteiger partial charge in [-0.2, -0.15) is 0 Å². The van der Waals surface area contributed by atoms with Gasteiger partial charge in [0.25, 0.3) is 0 Å². The summed E-state index contributed by atoms with van der Waals surface area (Å²) in [6, 6.07) is 1.91. The Morgan fingerprint density at radius 2 is 2.33 bits per heavy atom. The van der Waals surface area contributed by atoms with E-state index in [0.717, 1.165) is 19.3 Å². The molecule has 2 rings (SSSR count). The smallest absolute Gasteiger partial charge is 0.314 e. The number of rotatable bonds is 5. The summed E-state index contributed by atoms with van der Waals surface area (Å²) >= 11 is 0. The fourth-order valence-electron chi connectivity index (χ4n) is 2.24. The Hall–Kier alpha value is -1.69. The van der Waals surface area contributed by atoms with E-state index in [9.17, 15) is 10.1 Å². The molecule has 0 bridgehead atoms. The third-order valence-electron chi connectivity index (χ3n) is 3.42. The second-order valence-electron chi connectivity index (χ2n) is 4.56. The van der Waals surface area contributed by atoms with Crippen LogP contribution in [0.15, 0.2) is 12.3 Å². The van der Waals surface area contributed by atoms with Crippen LogP contribution in [-0.4, -0.2) is 34.2 Å². The number of hydrogen-bond donors (Lipinski definition) is 1. The van der Waals surface area contributed by atoms with E-state index in [1.165, 1.54) is 0 Å². The van der Waals surface area contributed by atoms with E-state index in [-0.39, 0.29) is 23.3 Å². The number of nitrogens with zero attached hydrogens (tertiary/aromatic N) is 3. The van der Waals surface area contributed by atoms with Crippen LogP contribution in [0.4, 0.5) is 11.5 Å². The molecule has 0 aliphatic heterocycles. The Balaban J connectivity index is 2.39. The molecular weight excluding hydrogens is 234 g/mol. The van der Waals surface area contributed by atoms with E-state index in [4.69, 9.17) is 5.11 Å². The molecule has 0 aromatic carbocycles. The maximum absolute atomic E-state index is 11.2. The fraction of sp³-hybridized carbons (Fsp3) is 0.583. The van der Waals surface area contributed by atoms with E-state index in [2.05, 4.69) is 4.98 Å². The molecule has 1 aliphatic carbocycles. The maximum atomic E-state index is 11.2. The molecule has 0 radical (unpaired) electrons. The molecule has 0 amide bonds. The van der Waals surface area contributed by atoms with Crippen molar-refractivity contribution in [2.45, 2.75) is 32.2 Å². The maximum Gasteiger partial charge on any atom is 0.314 e. The first-order valence-electron chi connectivity index (χ1n) is 6.12. The number of aliphatic hydroxyl groups excluding tert-OH is 1. The number of nitro groups is 1. The standard InChI is InChI=1S/C12H17N3O3/c1-9-5-6-13-12(11(9)15(17)18)14(7-8-16)10-3-2-4-10/h5-6,10,16H,2-4,7-8H2,1H3. The van der Waals surface area contributed by atoms with Gasteiger partial charge in [-0.05, 0) is 32.3 Å². The summed E-state index contributed by atoms with van der Waals surface area (Å²) in [6.07, 6.45) is 4.73. The third kappa shape index (κ3) is 2.28. The molecule has 1 aliphatic rings. The average molecular weight is 251 g/mol. The van der Waals surface area contributed by atoms with Crippen LogP contribution < -0.4 is 4.90 Å². The van der Waals surface area contributed by atoms with Crippen molar-refractivity contribution in [1.82, 2.24) is 4.98 Å². The van der Waals surface area contributed by atoms with Gasteiger partial charge in [0.05, 0.1) is 11.5 Å². The summed E-state index contributed by atoms with van der Waals surface area (Å²) in [6.45, 7) is 2.08. The lowest BCUT2D eigenvalue weighted by Gasteiger charge is -2.37. The molecule has 1 fully saturated rings. The molecule has 0 atom stereocenters. The zero-order valence-corrected chi connectivity index (χ0v) is 10.4. The molecular formula is C12H17N3O3. The normalized spacial score (nSPS) is 15.2. The molecule has 6 nitrogen and oxygen atoms in total. The van der Waals surface area contributed by atoms with Crippen LogP contribution in [0, 0.1) is 17.0 Å². The molecule has 0 saturated heterocycles. The summed E-state index contributed by atoms with van der Waals surface area (Å²) in [5.41, 5.74) is 0.658. The highest BCUT2D eigenvalue weighted by Crippen LogP contribution is 2.34. The lowest BCUT2D eigenvalue weighted by molar-refractivity contribution is -0.385. The van der Waals surface area contributed by atoms with Gasteiger partial charge in [-0.15, -0.1) is 0 Å². The minimum atomic E-state index is -0.388. The number of pyridine rings is 1. The van der Waals surface area contributed by atoms with Crippen molar-refractivity contribution >= 4 is 11.5 Å². The topological polar surface area (TPSA) is 79.5 Å². The number of hydrogen-bond acceptors (Lipinski definition) is 5. The van der Waals surface area contributed by atoms with Crippen LogP contribution in [0.5, 0.6) is 0 Å².